The van der Waals surface area contributed by atoms with Crippen molar-refractivity contribution in [2.75, 3.05) is 16.8 Å². The Bertz CT molecular complexity index is 1170. The maximum absolute atomic E-state index is 12.4. The minimum Gasteiger partial charge on any atom is -0.385 e. The monoisotopic (exact) mass is 409 g/mol. The molecular formula is C19H15N5O2S2. The second-order valence-electron chi connectivity index (χ2n) is 5.80. The van der Waals surface area contributed by atoms with Crippen molar-refractivity contribution in [2.45, 2.75) is 5.16 Å². The lowest BCUT2D eigenvalue weighted by atomic mass is 10.3. The van der Waals surface area contributed by atoms with Crippen molar-refractivity contribution in [1.82, 2.24) is 14.5 Å². The summed E-state index contributed by atoms with van der Waals surface area (Å²) in [6.07, 6.45) is 0. The first kappa shape index (κ1) is 18.2. The molecule has 0 atom stereocenters. The van der Waals surface area contributed by atoms with Crippen LogP contribution in [0.25, 0.3) is 15.9 Å². The van der Waals surface area contributed by atoms with Crippen molar-refractivity contribution >= 4 is 50.2 Å². The first-order chi connectivity index (χ1) is 13.6. The van der Waals surface area contributed by atoms with Gasteiger partial charge >= 0.3 is 0 Å². The van der Waals surface area contributed by atoms with Crippen molar-refractivity contribution in [3.05, 3.63) is 71.0 Å². The highest BCUT2D eigenvalue weighted by atomic mass is 32.2. The zero-order valence-corrected chi connectivity index (χ0v) is 16.2. The van der Waals surface area contributed by atoms with E-state index in [9.17, 15) is 9.59 Å². The van der Waals surface area contributed by atoms with Crippen LogP contribution in [0.15, 0.2) is 70.6 Å². The molecule has 4 rings (SSSR count). The molecule has 2 aromatic heterocycles. The molecule has 0 saturated carbocycles. The van der Waals surface area contributed by atoms with Crippen molar-refractivity contribution < 1.29 is 4.79 Å². The van der Waals surface area contributed by atoms with E-state index in [4.69, 9.17) is 5.73 Å². The number of nitrogens with two attached hydrogens (primary N) is 1. The SMILES string of the molecule is Nc1cc(=O)nc(SCC(=O)Nc2nc3ccccc3s2)n1-c1ccccc1. The largest absolute Gasteiger partial charge is 0.385 e. The molecule has 0 fully saturated rings. The van der Waals surface area contributed by atoms with Crippen molar-refractivity contribution in [2.24, 2.45) is 0 Å². The number of nitrogens with one attached hydrogen (secondary N) is 1. The van der Waals surface area contributed by atoms with E-state index in [-0.39, 0.29) is 17.5 Å². The molecule has 9 heteroatoms. The van der Waals surface area contributed by atoms with Crippen LogP contribution in [0.4, 0.5) is 10.9 Å². The summed E-state index contributed by atoms with van der Waals surface area (Å²) >= 11 is 2.55. The molecule has 0 aliphatic rings. The Labute approximate surface area is 168 Å². The highest BCUT2D eigenvalue weighted by Crippen LogP contribution is 2.26. The van der Waals surface area contributed by atoms with Gasteiger partial charge < -0.3 is 11.1 Å². The Morgan fingerprint density at radius 3 is 2.64 bits per heavy atom. The van der Waals surface area contributed by atoms with Crippen molar-refractivity contribution in [3.8, 4) is 5.69 Å². The van der Waals surface area contributed by atoms with Crippen LogP contribution in [-0.4, -0.2) is 26.2 Å². The van der Waals surface area contributed by atoms with Gasteiger partial charge in [-0.05, 0) is 24.3 Å². The van der Waals surface area contributed by atoms with Crippen LogP contribution < -0.4 is 16.6 Å². The first-order valence-electron chi connectivity index (χ1n) is 8.33. The molecule has 1 amide bonds. The van der Waals surface area contributed by atoms with E-state index in [0.717, 1.165) is 27.7 Å². The Kier molecular flexibility index (Phi) is 5.09. The second kappa shape index (κ2) is 7.83. The molecule has 0 spiro atoms. The maximum atomic E-state index is 12.4. The number of carbonyl (C=O) groups excluding carboxylic acids is 1. The summed E-state index contributed by atoms with van der Waals surface area (Å²) < 4.78 is 2.65. The van der Waals surface area contributed by atoms with Crippen molar-refractivity contribution in [3.63, 3.8) is 0 Å². The number of amides is 1. The van der Waals surface area contributed by atoms with Gasteiger partial charge in [0, 0.05) is 11.8 Å². The Hall–Kier alpha value is -3.17. The smallest absolute Gasteiger partial charge is 0.275 e. The molecule has 4 aromatic rings. The Morgan fingerprint density at radius 1 is 1.11 bits per heavy atom. The third kappa shape index (κ3) is 3.90. The fraction of sp³-hybridized carbons (Fsp3) is 0.0526. The Balaban J connectivity index is 1.53. The van der Waals surface area contributed by atoms with Crippen LogP contribution in [0.3, 0.4) is 0 Å². The Morgan fingerprint density at radius 2 is 1.86 bits per heavy atom. The fourth-order valence-electron chi connectivity index (χ4n) is 2.62. The lowest BCUT2D eigenvalue weighted by molar-refractivity contribution is -0.113. The number of anilines is 2. The zero-order chi connectivity index (χ0) is 19.5. The van der Waals surface area contributed by atoms with Gasteiger partial charge in [0.05, 0.1) is 16.0 Å². The number of rotatable bonds is 5. The molecule has 0 aliphatic carbocycles. The molecule has 0 radical (unpaired) electrons. The number of thioether (sulfide) groups is 1. The van der Waals surface area contributed by atoms with Gasteiger partial charge in [-0.2, -0.15) is 4.98 Å². The van der Waals surface area contributed by atoms with E-state index >= 15 is 0 Å². The van der Waals surface area contributed by atoms with E-state index in [1.807, 2.05) is 54.6 Å². The quantitative estimate of drug-likeness (QED) is 0.388. The van der Waals surface area contributed by atoms with Gasteiger partial charge in [-0.25, -0.2) is 4.98 Å². The number of thiazole rings is 1. The summed E-state index contributed by atoms with van der Waals surface area (Å²) in [7, 11) is 0. The molecule has 2 heterocycles. The molecule has 28 heavy (non-hydrogen) atoms. The summed E-state index contributed by atoms with van der Waals surface area (Å²) in [5, 5.41) is 3.68. The van der Waals surface area contributed by atoms with Gasteiger partial charge in [0.25, 0.3) is 5.56 Å². The molecule has 0 bridgehead atoms. The number of aromatic nitrogens is 3. The van der Waals surface area contributed by atoms with E-state index in [2.05, 4.69) is 15.3 Å². The summed E-state index contributed by atoms with van der Waals surface area (Å²) in [4.78, 5) is 32.6. The van der Waals surface area contributed by atoms with E-state index in [1.165, 1.54) is 17.4 Å². The van der Waals surface area contributed by atoms with E-state index in [0.29, 0.717) is 10.3 Å². The number of nitrogens with zero attached hydrogens (tertiary/aromatic N) is 3. The minimum absolute atomic E-state index is 0.0681. The number of nitrogen functional groups attached to an aromatic ring is 1. The maximum Gasteiger partial charge on any atom is 0.275 e. The number of fused-ring (bicyclic) bond motifs is 1. The average molecular weight is 409 g/mol. The number of para-hydroxylation sites is 2. The summed E-state index contributed by atoms with van der Waals surface area (Å²) in [5.41, 5.74) is 7.19. The van der Waals surface area contributed by atoms with Crippen LogP contribution in [0.5, 0.6) is 0 Å². The van der Waals surface area contributed by atoms with Gasteiger partial charge in [-0.1, -0.05) is 53.4 Å². The molecule has 0 saturated heterocycles. The number of carbonyl (C=O) groups is 1. The fourth-order valence-corrected chi connectivity index (χ4v) is 4.33. The molecule has 3 N–H and O–H groups in total. The first-order valence-corrected chi connectivity index (χ1v) is 10.1. The summed E-state index contributed by atoms with van der Waals surface area (Å²) in [6, 6.07) is 18.3. The van der Waals surface area contributed by atoms with Crippen LogP contribution in [0.2, 0.25) is 0 Å². The number of hydrogen-bond acceptors (Lipinski definition) is 7. The normalized spacial score (nSPS) is 10.9. The molecule has 0 aliphatic heterocycles. The van der Waals surface area contributed by atoms with Gasteiger partial charge in [-0.3, -0.25) is 14.2 Å². The van der Waals surface area contributed by atoms with Gasteiger partial charge in [-0.15, -0.1) is 0 Å². The molecule has 7 nitrogen and oxygen atoms in total. The zero-order valence-electron chi connectivity index (χ0n) is 14.5. The second-order valence-corrected chi connectivity index (χ2v) is 7.77. The highest BCUT2D eigenvalue weighted by Gasteiger charge is 2.13. The van der Waals surface area contributed by atoms with E-state index in [1.54, 1.807) is 4.57 Å². The van der Waals surface area contributed by atoms with Crippen LogP contribution in [-0.2, 0) is 4.79 Å². The molecular weight excluding hydrogens is 394 g/mol. The topological polar surface area (TPSA) is 103 Å². The molecule has 2 aromatic carbocycles. The number of hydrogen-bond donors (Lipinski definition) is 2. The van der Waals surface area contributed by atoms with E-state index < -0.39 is 5.56 Å². The predicted octanol–water partition coefficient (Wildman–Crippen LogP) is 3.16. The third-order valence-electron chi connectivity index (χ3n) is 3.81. The molecule has 0 unspecified atom stereocenters. The minimum atomic E-state index is -0.446. The summed E-state index contributed by atoms with van der Waals surface area (Å²) in [5.74, 6) is 0.0965. The number of benzene rings is 2. The van der Waals surface area contributed by atoms with Crippen LogP contribution in [0.1, 0.15) is 0 Å². The highest BCUT2D eigenvalue weighted by molar-refractivity contribution is 7.99. The van der Waals surface area contributed by atoms with Gasteiger partial charge in [0.15, 0.2) is 10.3 Å². The lowest BCUT2D eigenvalue weighted by Crippen LogP contribution is -2.19. The van der Waals surface area contributed by atoms with Crippen LogP contribution >= 0.6 is 23.1 Å². The lowest BCUT2D eigenvalue weighted by Gasteiger charge is -2.14. The van der Waals surface area contributed by atoms with Gasteiger partial charge in [0.1, 0.15) is 5.82 Å². The molecule has 140 valence electrons. The third-order valence-corrected chi connectivity index (χ3v) is 5.70. The average Bonchev–Trinajstić information content (AvgIpc) is 3.09. The predicted molar refractivity (Wildman–Crippen MR) is 113 cm³/mol. The van der Waals surface area contributed by atoms with Crippen molar-refractivity contribution in [1.29, 1.82) is 0 Å². The standard InChI is InChI=1S/C19H15N5O2S2/c20-15-10-16(25)23-19(24(15)12-6-2-1-3-7-12)27-11-17(26)22-18-21-13-8-4-5-9-14(13)28-18/h1-10H,11,20H2,(H,21,22,26). The van der Waals surface area contributed by atoms with Gasteiger partial charge in [0.2, 0.25) is 5.91 Å². The van der Waals surface area contributed by atoms with Crippen LogP contribution in [0, 0.1) is 0 Å². The summed E-state index contributed by atoms with van der Waals surface area (Å²) in [6.45, 7) is 0.